The van der Waals surface area contributed by atoms with E-state index in [1.165, 1.54) is 0 Å². The van der Waals surface area contributed by atoms with Crippen LogP contribution in [0, 0.1) is 6.92 Å². The molecule has 3 rings (SSSR count). The Bertz CT molecular complexity index is 1030. The molecule has 0 saturated heterocycles. The van der Waals surface area contributed by atoms with Gasteiger partial charge in [-0.2, -0.15) is 0 Å². The van der Waals surface area contributed by atoms with Crippen molar-refractivity contribution in [2.24, 2.45) is 0 Å². The van der Waals surface area contributed by atoms with Gasteiger partial charge in [0.2, 0.25) is 0 Å². The van der Waals surface area contributed by atoms with Gasteiger partial charge in [-0.25, -0.2) is 0 Å². The Morgan fingerprint density at radius 1 is 0.909 bits per heavy atom. The molecule has 0 aliphatic rings. The number of hydrogen-bond acceptors (Lipinski definition) is 5. The highest BCUT2D eigenvalue weighted by atomic mass is 35.5. The van der Waals surface area contributed by atoms with E-state index in [-0.39, 0.29) is 6.61 Å². The number of benzene rings is 3. The van der Waals surface area contributed by atoms with Crippen LogP contribution in [0.25, 0.3) is 0 Å². The number of ether oxygens (including phenoxy) is 3. The Labute approximate surface area is 201 Å². The molecule has 0 heterocycles. The van der Waals surface area contributed by atoms with Gasteiger partial charge in [-0.05, 0) is 66.4 Å². The first-order valence-electron chi connectivity index (χ1n) is 11.0. The molecule has 0 aromatic heterocycles. The van der Waals surface area contributed by atoms with Crippen LogP contribution >= 0.6 is 11.6 Å². The van der Waals surface area contributed by atoms with Crippen LogP contribution in [-0.4, -0.2) is 50.0 Å². The molecule has 0 saturated carbocycles. The molecule has 6 heteroatoms. The molecular weight excluding hydrogens is 438 g/mol. The quantitative estimate of drug-likeness (QED) is 0.397. The molecule has 176 valence electrons. The fourth-order valence-corrected chi connectivity index (χ4v) is 3.91. The van der Waals surface area contributed by atoms with Gasteiger partial charge in [-0.3, -0.25) is 4.90 Å². The van der Waals surface area contributed by atoms with Crippen LogP contribution in [0.1, 0.15) is 16.7 Å². The van der Waals surface area contributed by atoms with Gasteiger partial charge in [-0.15, -0.1) is 0 Å². The van der Waals surface area contributed by atoms with Crippen molar-refractivity contribution in [3.8, 4) is 17.2 Å². The number of hydrogen-bond donors (Lipinski definition) is 1. The highest BCUT2D eigenvalue weighted by molar-refractivity contribution is 6.30. The number of aliphatic hydroxyl groups excluding tert-OH is 1. The average molecular weight is 470 g/mol. The van der Waals surface area contributed by atoms with E-state index in [0.29, 0.717) is 29.6 Å². The van der Waals surface area contributed by atoms with E-state index >= 15 is 0 Å². The third-order valence-corrected chi connectivity index (χ3v) is 5.60. The maximum absolute atomic E-state index is 10.7. The molecule has 0 aliphatic heterocycles. The number of nitrogens with zero attached hydrogens (tertiary/aromatic N) is 1. The predicted molar refractivity (Wildman–Crippen MR) is 133 cm³/mol. The van der Waals surface area contributed by atoms with E-state index in [9.17, 15) is 5.11 Å². The Kier molecular flexibility index (Phi) is 9.43. The van der Waals surface area contributed by atoms with Gasteiger partial charge >= 0.3 is 0 Å². The minimum Gasteiger partial charge on any atom is -0.493 e. The zero-order valence-electron chi connectivity index (χ0n) is 19.5. The Balaban J connectivity index is 1.65. The summed E-state index contributed by atoms with van der Waals surface area (Å²) in [7, 11) is 3.27. The third-order valence-electron chi connectivity index (χ3n) is 5.36. The molecule has 3 aromatic rings. The molecule has 1 unspecified atom stereocenters. The molecule has 3 aromatic carbocycles. The minimum absolute atomic E-state index is 0.228. The van der Waals surface area contributed by atoms with Gasteiger partial charge < -0.3 is 19.3 Å². The monoisotopic (exact) mass is 469 g/mol. The summed E-state index contributed by atoms with van der Waals surface area (Å²) in [5.74, 6) is 2.18. The Hall–Kier alpha value is -2.73. The number of halogens is 1. The van der Waals surface area contributed by atoms with Crippen LogP contribution in [0.15, 0.2) is 66.7 Å². The maximum atomic E-state index is 10.7. The molecule has 0 amide bonds. The topological polar surface area (TPSA) is 51.2 Å². The molecular formula is C27H32ClNO4. The Morgan fingerprint density at radius 3 is 2.42 bits per heavy atom. The molecule has 0 fully saturated rings. The average Bonchev–Trinajstić information content (AvgIpc) is 2.81. The summed E-state index contributed by atoms with van der Waals surface area (Å²) in [4.78, 5) is 2.21. The first kappa shape index (κ1) is 24.9. The Morgan fingerprint density at radius 2 is 1.70 bits per heavy atom. The molecule has 0 aliphatic carbocycles. The lowest BCUT2D eigenvalue weighted by Crippen LogP contribution is -2.36. The van der Waals surface area contributed by atoms with Crippen molar-refractivity contribution in [1.82, 2.24) is 4.90 Å². The summed E-state index contributed by atoms with van der Waals surface area (Å²) < 4.78 is 16.6. The second kappa shape index (κ2) is 12.5. The second-order valence-corrected chi connectivity index (χ2v) is 8.52. The number of aliphatic hydroxyl groups is 1. The summed E-state index contributed by atoms with van der Waals surface area (Å²) in [6.07, 6.45) is 0.168. The maximum Gasteiger partial charge on any atom is 0.160 e. The van der Waals surface area contributed by atoms with E-state index in [1.54, 1.807) is 14.2 Å². The smallest absolute Gasteiger partial charge is 0.160 e. The molecule has 33 heavy (non-hydrogen) atoms. The summed E-state index contributed by atoms with van der Waals surface area (Å²) >= 11 is 6.19. The lowest BCUT2D eigenvalue weighted by Gasteiger charge is -2.25. The number of aryl methyl sites for hydroxylation is 1. The lowest BCUT2D eigenvalue weighted by atomic mass is 10.1. The van der Waals surface area contributed by atoms with E-state index in [0.717, 1.165) is 35.4 Å². The van der Waals surface area contributed by atoms with Crippen LogP contribution in [0.4, 0.5) is 0 Å². The van der Waals surface area contributed by atoms with Gasteiger partial charge in [0.25, 0.3) is 0 Å². The SMILES string of the molecule is COc1ccc(CCN(Cc2cccc(Cl)c2)CC(O)COc2cccc(C)c2)cc1OC. The molecule has 0 bridgehead atoms. The van der Waals surface area contributed by atoms with Gasteiger partial charge in [0, 0.05) is 24.7 Å². The number of methoxy groups -OCH3 is 2. The van der Waals surface area contributed by atoms with Crippen molar-refractivity contribution < 1.29 is 19.3 Å². The summed E-state index contributed by atoms with van der Waals surface area (Å²) in [5, 5.41) is 11.4. The van der Waals surface area contributed by atoms with Gasteiger partial charge in [0.05, 0.1) is 14.2 Å². The van der Waals surface area contributed by atoms with Crippen molar-refractivity contribution in [2.75, 3.05) is 33.9 Å². The molecule has 1 atom stereocenters. The largest absolute Gasteiger partial charge is 0.493 e. The molecule has 0 radical (unpaired) electrons. The normalized spacial score (nSPS) is 11.9. The zero-order chi connectivity index (χ0) is 23.6. The zero-order valence-corrected chi connectivity index (χ0v) is 20.2. The summed E-state index contributed by atoms with van der Waals surface area (Å²) in [6.45, 7) is 4.15. The van der Waals surface area contributed by atoms with Crippen LogP contribution in [0.3, 0.4) is 0 Å². The third kappa shape index (κ3) is 7.97. The van der Waals surface area contributed by atoms with Crippen LogP contribution in [0.5, 0.6) is 17.2 Å². The van der Waals surface area contributed by atoms with Gasteiger partial charge in [0.1, 0.15) is 18.5 Å². The summed E-state index contributed by atoms with van der Waals surface area (Å²) in [5.41, 5.74) is 3.36. The van der Waals surface area contributed by atoms with Crippen molar-refractivity contribution >= 4 is 11.6 Å². The first-order chi connectivity index (χ1) is 16.0. The second-order valence-electron chi connectivity index (χ2n) is 8.09. The lowest BCUT2D eigenvalue weighted by molar-refractivity contribution is 0.0659. The van der Waals surface area contributed by atoms with Gasteiger partial charge in [0.15, 0.2) is 11.5 Å². The van der Waals surface area contributed by atoms with Crippen molar-refractivity contribution in [1.29, 1.82) is 0 Å². The highest BCUT2D eigenvalue weighted by Gasteiger charge is 2.15. The van der Waals surface area contributed by atoms with E-state index in [1.807, 2.05) is 73.7 Å². The van der Waals surface area contributed by atoms with E-state index < -0.39 is 6.10 Å². The minimum atomic E-state index is -0.630. The van der Waals surface area contributed by atoms with E-state index in [2.05, 4.69) is 4.90 Å². The van der Waals surface area contributed by atoms with E-state index in [4.69, 9.17) is 25.8 Å². The van der Waals surface area contributed by atoms with Crippen LogP contribution in [0.2, 0.25) is 5.02 Å². The highest BCUT2D eigenvalue weighted by Crippen LogP contribution is 2.28. The number of rotatable bonds is 12. The fraction of sp³-hybridized carbons (Fsp3) is 0.333. The molecule has 5 nitrogen and oxygen atoms in total. The van der Waals surface area contributed by atoms with Crippen molar-refractivity contribution in [3.63, 3.8) is 0 Å². The molecule has 0 spiro atoms. The molecule has 1 N–H and O–H groups in total. The van der Waals surface area contributed by atoms with Crippen molar-refractivity contribution in [3.05, 3.63) is 88.4 Å². The van der Waals surface area contributed by atoms with Crippen LogP contribution in [-0.2, 0) is 13.0 Å². The fourth-order valence-electron chi connectivity index (χ4n) is 3.70. The predicted octanol–water partition coefficient (Wildman–Crippen LogP) is 5.15. The standard InChI is InChI=1S/C27H32ClNO4/c1-20-6-4-9-25(14-20)33-19-24(30)18-29(17-22-7-5-8-23(28)15-22)13-12-21-10-11-26(31-2)27(16-21)32-3/h4-11,14-16,24,30H,12-13,17-19H2,1-3H3. The van der Waals surface area contributed by atoms with Crippen molar-refractivity contribution in [2.45, 2.75) is 26.0 Å². The summed E-state index contributed by atoms with van der Waals surface area (Å²) in [6, 6.07) is 21.6. The van der Waals surface area contributed by atoms with Crippen LogP contribution < -0.4 is 14.2 Å². The van der Waals surface area contributed by atoms with Gasteiger partial charge in [-0.1, -0.05) is 41.9 Å². The first-order valence-corrected chi connectivity index (χ1v) is 11.4.